The first-order chi connectivity index (χ1) is 11.0. The maximum absolute atomic E-state index is 11.7. The van der Waals surface area contributed by atoms with Crippen molar-refractivity contribution in [3.8, 4) is 0 Å². The number of hydrogen-bond acceptors (Lipinski definition) is 4. The smallest absolute Gasteiger partial charge is 0.335 e. The lowest BCUT2D eigenvalue weighted by atomic mass is 10.2. The number of hydrogen-bond donors (Lipinski definition) is 3. The fourth-order valence-corrected chi connectivity index (χ4v) is 1.98. The number of carboxylic acid groups (broad SMARTS) is 1. The zero-order valence-corrected chi connectivity index (χ0v) is 13.1. The van der Waals surface area contributed by atoms with E-state index in [9.17, 15) is 9.59 Å². The molecule has 3 N–H and O–H groups in total. The molecule has 0 atom stereocenters. The molecule has 1 heterocycles. The summed E-state index contributed by atoms with van der Waals surface area (Å²) in [7, 11) is 0. The van der Waals surface area contributed by atoms with Crippen molar-refractivity contribution >= 4 is 52.6 Å². The molecule has 118 valence electrons. The third-order valence-electron chi connectivity index (χ3n) is 2.64. The molecule has 0 unspecified atom stereocenters. The fraction of sp³-hybridized carbons (Fsp3) is 0. The number of carboxylic acids is 1. The van der Waals surface area contributed by atoms with Crippen molar-refractivity contribution in [2.24, 2.45) is 0 Å². The standard InChI is InChI=1S/C15H11ClN2O4S/c16-11-5-3-9(14(20)21)8-12(11)17-15(23)18-13(19)6-4-10-2-1-7-22-10/h1-8H,(H,20,21)(H2,17,18,19,23)/b6-4+. The molecule has 0 fully saturated rings. The second-order valence-corrected chi connectivity index (χ2v) is 5.11. The van der Waals surface area contributed by atoms with E-state index in [-0.39, 0.29) is 21.4 Å². The number of carbonyl (C=O) groups is 2. The van der Waals surface area contributed by atoms with Crippen LogP contribution in [0.25, 0.3) is 6.08 Å². The highest BCUT2D eigenvalue weighted by Gasteiger charge is 2.09. The van der Waals surface area contributed by atoms with Crippen LogP contribution in [0.15, 0.2) is 47.1 Å². The molecule has 1 aromatic heterocycles. The Labute approximate surface area is 141 Å². The molecule has 0 aliphatic carbocycles. The van der Waals surface area contributed by atoms with Crippen LogP contribution in [0.4, 0.5) is 5.69 Å². The summed E-state index contributed by atoms with van der Waals surface area (Å²) in [5, 5.41) is 14.3. The van der Waals surface area contributed by atoms with Gasteiger partial charge in [0, 0.05) is 6.08 Å². The predicted molar refractivity (Wildman–Crippen MR) is 90.5 cm³/mol. The van der Waals surface area contributed by atoms with Gasteiger partial charge in [-0.1, -0.05) is 11.6 Å². The molecule has 0 bridgehead atoms. The Bertz CT molecular complexity index is 772. The Morgan fingerprint density at radius 2 is 2.09 bits per heavy atom. The minimum atomic E-state index is -1.10. The van der Waals surface area contributed by atoms with Gasteiger partial charge in [-0.25, -0.2) is 4.79 Å². The molecule has 1 aromatic carbocycles. The number of anilines is 1. The number of aromatic carboxylic acids is 1. The number of carbonyl (C=O) groups excluding carboxylic acids is 1. The van der Waals surface area contributed by atoms with Crippen LogP contribution in [-0.2, 0) is 4.79 Å². The third kappa shape index (κ3) is 4.94. The van der Waals surface area contributed by atoms with Crippen LogP contribution >= 0.6 is 23.8 Å². The second-order valence-electron chi connectivity index (χ2n) is 4.29. The highest BCUT2D eigenvalue weighted by Crippen LogP contribution is 2.23. The molecule has 8 heteroatoms. The lowest BCUT2D eigenvalue weighted by Gasteiger charge is -2.10. The quantitative estimate of drug-likeness (QED) is 0.579. The highest BCUT2D eigenvalue weighted by atomic mass is 35.5. The largest absolute Gasteiger partial charge is 0.478 e. The average Bonchev–Trinajstić information content (AvgIpc) is 3.00. The van der Waals surface area contributed by atoms with Gasteiger partial charge in [0.25, 0.3) is 0 Å². The lowest BCUT2D eigenvalue weighted by molar-refractivity contribution is -0.115. The normalized spacial score (nSPS) is 10.5. The number of furan rings is 1. The van der Waals surface area contributed by atoms with Gasteiger partial charge in [-0.2, -0.15) is 0 Å². The topological polar surface area (TPSA) is 91.6 Å². The van der Waals surface area contributed by atoms with Gasteiger partial charge in [0.2, 0.25) is 5.91 Å². The zero-order chi connectivity index (χ0) is 16.8. The average molecular weight is 351 g/mol. The van der Waals surface area contributed by atoms with Crippen LogP contribution < -0.4 is 10.6 Å². The van der Waals surface area contributed by atoms with Crippen LogP contribution in [0, 0.1) is 0 Å². The summed E-state index contributed by atoms with van der Waals surface area (Å²) >= 11 is 10.9. The zero-order valence-electron chi connectivity index (χ0n) is 11.6. The lowest BCUT2D eigenvalue weighted by Crippen LogP contribution is -2.32. The second kappa shape index (κ2) is 7.57. The summed E-state index contributed by atoms with van der Waals surface area (Å²) in [5.41, 5.74) is 0.329. The van der Waals surface area contributed by atoms with E-state index >= 15 is 0 Å². The van der Waals surface area contributed by atoms with Crippen molar-refractivity contribution in [1.82, 2.24) is 5.32 Å². The summed E-state index contributed by atoms with van der Waals surface area (Å²) in [5.74, 6) is -1.04. The Kier molecular flexibility index (Phi) is 5.51. The first-order valence-electron chi connectivity index (χ1n) is 6.32. The molecule has 0 saturated carbocycles. The Morgan fingerprint density at radius 1 is 1.30 bits per heavy atom. The van der Waals surface area contributed by atoms with Gasteiger partial charge in [-0.3, -0.25) is 10.1 Å². The summed E-state index contributed by atoms with van der Waals surface area (Å²) < 4.78 is 5.05. The molecular formula is C15H11ClN2O4S. The number of nitrogens with one attached hydrogen (secondary N) is 2. The summed E-state index contributed by atoms with van der Waals surface area (Å²) in [6.07, 6.45) is 4.22. The van der Waals surface area contributed by atoms with Gasteiger partial charge in [0.1, 0.15) is 5.76 Å². The molecule has 0 radical (unpaired) electrons. The van der Waals surface area contributed by atoms with Crippen LogP contribution in [0.1, 0.15) is 16.1 Å². The Hall–Kier alpha value is -2.64. The van der Waals surface area contributed by atoms with E-state index in [0.717, 1.165) is 0 Å². The van der Waals surface area contributed by atoms with E-state index in [0.29, 0.717) is 5.76 Å². The number of rotatable bonds is 4. The minimum absolute atomic E-state index is 0.0106. The number of benzene rings is 1. The van der Waals surface area contributed by atoms with Crippen molar-refractivity contribution in [3.63, 3.8) is 0 Å². The molecular weight excluding hydrogens is 340 g/mol. The molecule has 0 aliphatic heterocycles. The van der Waals surface area contributed by atoms with Gasteiger partial charge in [0.15, 0.2) is 5.11 Å². The van der Waals surface area contributed by atoms with Crippen molar-refractivity contribution in [1.29, 1.82) is 0 Å². The summed E-state index contributed by atoms with van der Waals surface area (Å²) in [6.45, 7) is 0. The molecule has 0 saturated heterocycles. The van der Waals surface area contributed by atoms with Gasteiger partial charge < -0.3 is 14.8 Å². The highest BCUT2D eigenvalue weighted by molar-refractivity contribution is 7.80. The molecule has 0 aliphatic rings. The van der Waals surface area contributed by atoms with Crippen molar-refractivity contribution < 1.29 is 19.1 Å². The van der Waals surface area contributed by atoms with E-state index in [1.807, 2.05) is 0 Å². The molecule has 0 spiro atoms. The van der Waals surface area contributed by atoms with Gasteiger partial charge >= 0.3 is 5.97 Å². The molecule has 1 amide bonds. The third-order valence-corrected chi connectivity index (χ3v) is 3.17. The van der Waals surface area contributed by atoms with Crippen LogP contribution in [-0.4, -0.2) is 22.1 Å². The van der Waals surface area contributed by atoms with E-state index in [1.165, 1.54) is 36.6 Å². The Morgan fingerprint density at radius 3 is 2.74 bits per heavy atom. The number of amides is 1. The minimum Gasteiger partial charge on any atom is -0.478 e. The van der Waals surface area contributed by atoms with Crippen LogP contribution in [0.2, 0.25) is 5.02 Å². The Balaban J connectivity index is 1.98. The van der Waals surface area contributed by atoms with Gasteiger partial charge in [-0.15, -0.1) is 0 Å². The molecule has 2 aromatic rings. The van der Waals surface area contributed by atoms with Gasteiger partial charge in [-0.05, 0) is 48.6 Å². The van der Waals surface area contributed by atoms with E-state index in [1.54, 1.807) is 12.1 Å². The number of halogens is 1. The van der Waals surface area contributed by atoms with E-state index in [2.05, 4.69) is 10.6 Å². The van der Waals surface area contributed by atoms with Gasteiger partial charge in [0.05, 0.1) is 22.5 Å². The maximum atomic E-state index is 11.7. The van der Waals surface area contributed by atoms with Crippen LogP contribution in [0.5, 0.6) is 0 Å². The predicted octanol–water partition coefficient (Wildman–Crippen LogP) is 3.16. The first kappa shape index (κ1) is 16.7. The first-order valence-corrected chi connectivity index (χ1v) is 7.11. The van der Waals surface area contributed by atoms with Crippen molar-refractivity contribution in [2.75, 3.05) is 5.32 Å². The number of thiocarbonyl (C=S) groups is 1. The maximum Gasteiger partial charge on any atom is 0.335 e. The van der Waals surface area contributed by atoms with Crippen molar-refractivity contribution in [3.05, 3.63) is 59.0 Å². The monoisotopic (exact) mass is 350 g/mol. The van der Waals surface area contributed by atoms with E-state index in [4.69, 9.17) is 33.3 Å². The SMILES string of the molecule is O=C(/C=C/c1ccco1)NC(=S)Nc1cc(C(=O)O)ccc1Cl. The van der Waals surface area contributed by atoms with Crippen LogP contribution in [0.3, 0.4) is 0 Å². The van der Waals surface area contributed by atoms with E-state index < -0.39 is 11.9 Å². The molecule has 6 nitrogen and oxygen atoms in total. The molecule has 2 rings (SSSR count). The molecule has 23 heavy (non-hydrogen) atoms. The van der Waals surface area contributed by atoms with Crippen molar-refractivity contribution in [2.45, 2.75) is 0 Å². The fourth-order valence-electron chi connectivity index (χ4n) is 1.61. The summed E-state index contributed by atoms with van der Waals surface area (Å²) in [4.78, 5) is 22.6. The summed E-state index contributed by atoms with van der Waals surface area (Å²) in [6, 6.07) is 7.50.